The Morgan fingerprint density at radius 1 is 1.08 bits per heavy atom. The van der Waals surface area contributed by atoms with Crippen LogP contribution >= 0.6 is 0 Å². The first-order valence-electron chi connectivity index (χ1n) is 11.5. The molecule has 11 heteroatoms. The molecule has 0 aliphatic carbocycles. The summed E-state index contributed by atoms with van der Waals surface area (Å²) in [5.74, 6) is 0.669. The quantitative estimate of drug-likeness (QED) is 0.150. The van der Waals surface area contributed by atoms with Crippen LogP contribution in [0.1, 0.15) is 30.9 Å². The lowest BCUT2D eigenvalue weighted by Crippen LogP contribution is -2.27. The van der Waals surface area contributed by atoms with Crippen molar-refractivity contribution >= 4 is 22.8 Å². The lowest BCUT2D eigenvalue weighted by atomic mass is 10.0. The van der Waals surface area contributed by atoms with E-state index in [1.165, 1.54) is 13.0 Å². The van der Waals surface area contributed by atoms with Crippen LogP contribution < -0.4 is 25.2 Å². The Balaban J connectivity index is 1.52. The molecule has 0 aliphatic heterocycles. The van der Waals surface area contributed by atoms with E-state index >= 15 is 0 Å². The smallest absolute Gasteiger partial charge is 0.340 e. The number of nitrogens with zero attached hydrogens (tertiary/aromatic N) is 2. The molecule has 2 aromatic heterocycles. The third-order valence-corrected chi connectivity index (χ3v) is 5.49. The molecule has 11 nitrogen and oxygen atoms in total. The van der Waals surface area contributed by atoms with Gasteiger partial charge < -0.3 is 28.5 Å². The zero-order valence-electron chi connectivity index (χ0n) is 21.2. The fourth-order valence-corrected chi connectivity index (χ4v) is 3.70. The first-order valence-corrected chi connectivity index (χ1v) is 11.5. The summed E-state index contributed by atoms with van der Waals surface area (Å²) in [6.45, 7) is 8.20. The topological polar surface area (TPSA) is 143 Å². The van der Waals surface area contributed by atoms with Gasteiger partial charge in [-0.2, -0.15) is 4.98 Å². The number of nitrogens with one attached hydrogen (secondary N) is 1. The number of amides is 1. The minimum Gasteiger partial charge on any atom is -0.497 e. The predicted molar refractivity (Wildman–Crippen MR) is 136 cm³/mol. The van der Waals surface area contributed by atoms with Crippen molar-refractivity contribution in [3.63, 3.8) is 0 Å². The molecular weight excluding hydrogens is 494 g/mol. The third kappa shape index (κ3) is 5.72. The van der Waals surface area contributed by atoms with E-state index < -0.39 is 17.5 Å². The number of fused-ring (bicyclic) bond motifs is 1. The Morgan fingerprint density at radius 2 is 1.82 bits per heavy atom. The Bertz CT molecular complexity index is 1580. The Morgan fingerprint density at radius 3 is 2.47 bits per heavy atom. The number of hydrogen-bond donors (Lipinski definition) is 1. The van der Waals surface area contributed by atoms with E-state index in [1.54, 1.807) is 51.3 Å². The summed E-state index contributed by atoms with van der Waals surface area (Å²) in [6, 6.07) is 10.3. The number of carbonyl (C=O) groups excluding carboxylic acids is 2. The van der Waals surface area contributed by atoms with Gasteiger partial charge in [0.15, 0.2) is 11.3 Å². The van der Waals surface area contributed by atoms with Crippen LogP contribution in [0.25, 0.3) is 22.4 Å². The van der Waals surface area contributed by atoms with E-state index in [0.717, 1.165) is 5.56 Å². The zero-order chi connectivity index (χ0) is 27.4. The summed E-state index contributed by atoms with van der Waals surface area (Å²) < 4.78 is 26.7. The Kier molecular flexibility index (Phi) is 7.56. The van der Waals surface area contributed by atoms with Crippen LogP contribution in [0.15, 0.2) is 62.5 Å². The minimum absolute atomic E-state index is 0.0255. The molecule has 1 N–H and O–H groups in total. The van der Waals surface area contributed by atoms with E-state index in [2.05, 4.69) is 22.0 Å². The fraction of sp³-hybridized carbons (Fsp3) is 0.222. The van der Waals surface area contributed by atoms with Gasteiger partial charge in [0, 0.05) is 17.9 Å². The van der Waals surface area contributed by atoms with Gasteiger partial charge in [-0.05, 0) is 55.8 Å². The van der Waals surface area contributed by atoms with Crippen LogP contribution in [0, 0.1) is 6.92 Å². The average molecular weight is 520 g/mol. The molecule has 2 aromatic carbocycles. The van der Waals surface area contributed by atoms with Crippen LogP contribution in [0.2, 0.25) is 0 Å². The summed E-state index contributed by atoms with van der Waals surface area (Å²) in [4.78, 5) is 41.3. The van der Waals surface area contributed by atoms with Gasteiger partial charge in [-0.3, -0.25) is 9.59 Å². The molecule has 0 saturated heterocycles. The summed E-state index contributed by atoms with van der Waals surface area (Å²) in [6.07, 6.45) is -0.244. The number of methoxy groups -OCH3 is 1. The normalized spacial score (nSPS) is 10.7. The number of ether oxygens (including phenoxy) is 3. The van der Waals surface area contributed by atoms with Crippen molar-refractivity contribution in [1.82, 2.24) is 15.5 Å². The van der Waals surface area contributed by atoms with Gasteiger partial charge in [0.05, 0.1) is 31.4 Å². The number of rotatable bonds is 9. The van der Waals surface area contributed by atoms with E-state index in [0.29, 0.717) is 28.3 Å². The Labute approximate surface area is 217 Å². The van der Waals surface area contributed by atoms with Crippen LogP contribution in [-0.4, -0.2) is 29.1 Å². The van der Waals surface area contributed by atoms with Crippen molar-refractivity contribution in [3.05, 3.63) is 76.2 Å². The standard InChI is InChI=1S/C27H25N3O8/c1-14(2)35-25-21(36-16(4)31)11-10-19-15(3)20(27(33)37-24(19)25)12-22(32)28-13-23-29-26(30-38-23)17-6-8-18(34-5)9-7-17/h6-11H,1,12-13H2,2-5H3,(H,28,32). The third-order valence-electron chi connectivity index (χ3n) is 5.49. The van der Waals surface area contributed by atoms with Crippen molar-refractivity contribution in [2.75, 3.05) is 7.11 Å². The Hall–Kier alpha value is -4.93. The molecule has 196 valence electrons. The highest BCUT2D eigenvalue weighted by Crippen LogP contribution is 2.38. The summed E-state index contributed by atoms with van der Waals surface area (Å²) in [5.41, 5.74) is 0.767. The van der Waals surface area contributed by atoms with Gasteiger partial charge in [0.1, 0.15) is 5.75 Å². The maximum Gasteiger partial charge on any atom is 0.340 e. The first-order chi connectivity index (χ1) is 18.2. The summed E-state index contributed by atoms with van der Waals surface area (Å²) >= 11 is 0. The molecule has 1 amide bonds. The SMILES string of the molecule is C=C(C)Oc1c(OC(C)=O)ccc2c(C)c(CC(=O)NCc3nc(-c4ccc(OC)cc4)no3)c(=O)oc12. The molecule has 0 aliphatic rings. The van der Waals surface area contributed by atoms with Crippen molar-refractivity contribution in [2.45, 2.75) is 33.7 Å². The second-order valence-electron chi connectivity index (χ2n) is 8.35. The number of esters is 1. The first kappa shape index (κ1) is 26.1. The van der Waals surface area contributed by atoms with Gasteiger partial charge in [0.2, 0.25) is 23.4 Å². The average Bonchev–Trinajstić information content (AvgIpc) is 3.35. The number of carbonyl (C=O) groups is 2. The summed E-state index contributed by atoms with van der Waals surface area (Å²) in [5, 5.41) is 7.11. The van der Waals surface area contributed by atoms with Gasteiger partial charge in [-0.25, -0.2) is 4.79 Å². The molecule has 38 heavy (non-hydrogen) atoms. The molecule has 0 fully saturated rings. The molecule has 0 unspecified atom stereocenters. The monoisotopic (exact) mass is 519 g/mol. The fourth-order valence-electron chi connectivity index (χ4n) is 3.70. The van der Waals surface area contributed by atoms with E-state index in [4.69, 9.17) is 23.2 Å². The second kappa shape index (κ2) is 11.0. The number of benzene rings is 2. The molecule has 4 rings (SSSR count). The molecule has 0 bridgehead atoms. The predicted octanol–water partition coefficient (Wildman–Crippen LogP) is 3.86. The maximum absolute atomic E-state index is 12.9. The molecule has 0 saturated carbocycles. The number of aryl methyl sites for hydroxylation is 1. The van der Waals surface area contributed by atoms with Crippen molar-refractivity contribution in [1.29, 1.82) is 0 Å². The van der Waals surface area contributed by atoms with Crippen LogP contribution in [-0.2, 0) is 22.6 Å². The summed E-state index contributed by atoms with van der Waals surface area (Å²) in [7, 11) is 1.57. The molecule has 0 radical (unpaired) electrons. The zero-order valence-corrected chi connectivity index (χ0v) is 21.2. The van der Waals surface area contributed by atoms with Crippen LogP contribution in [0.4, 0.5) is 0 Å². The van der Waals surface area contributed by atoms with Gasteiger partial charge >= 0.3 is 11.6 Å². The molecule has 0 spiro atoms. The highest BCUT2D eigenvalue weighted by Gasteiger charge is 2.21. The molecule has 0 atom stereocenters. The largest absolute Gasteiger partial charge is 0.497 e. The van der Waals surface area contributed by atoms with Crippen molar-refractivity contribution in [2.24, 2.45) is 0 Å². The van der Waals surface area contributed by atoms with E-state index in [1.807, 2.05) is 0 Å². The maximum atomic E-state index is 12.9. The lowest BCUT2D eigenvalue weighted by Gasteiger charge is -2.14. The molecule has 2 heterocycles. The lowest BCUT2D eigenvalue weighted by molar-refractivity contribution is -0.132. The van der Waals surface area contributed by atoms with Gasteiger partial charge in [0.25, 0.3) is 0 Å². The number of hydrogen-bond acceptors (Lipinski definition) is 10. The highest BCUT2D eigenvalue weighted by atomic mass is 16.6. The molecule has 4 aromatic rings. The number of aromatic nitrogens is 2. The number of allylic oxidation sites excluding steroid dienone is 1. The van der Waals surface area contributed by atoms with Crippen LogP contribution in [0.5, 0.6) is 17.2 Å². The van der Waals surface area contributed by atoms with Crippen molar-refractivity contribution in [3.8, 4) is 28.6 Å². The molecular formula is C27H25N3O8. The minimum atomic E-state index is -0.726. The van der Waals surface area contributed by atoms with E-state index in [-0.39, 0.29) is 41.5 Å². The van der Waals surface area contributed by atoms with Gasteiger partial charge in [-0.1, -0.05) is 11.7 Å². The second-order valence-corrected chi connectivity index (χ2v) is 8.35. The van der Waals surface area contributed by atoms with Crippen molar-refractivity contribution < 1.29 is 32.7 Å². The van der Waals surface area contributed by atoms with E-state index in [9.17, 15) is 14.4 Å². The van der Waals surface area contributed by atoms with Crippen LogP contribution in [0.3, 0.4) is 0 Å². The highest BCUT2D eigenvalue weighted by molar-refractivity contribution is 5.90. The van der Waals surface area contributed by atoms with Gasteiger partial charge in [-0.15, -0.1) is 0 Å².